The SMILES string of the molecule is COC(=O)[C@H](CCNC(=O)C(=O)Cc1ccc(CN)cc1)NC(=O)c1ccc(Nc2nc(NC3(c4ccc(Cl)cc4)CC3)nc(OCC(F)(F)F)n2)cc1. The molecule has 1 aromatic heterocycles. The van der Waals surface area contributed by atoms with E-state index in [9.17, 15) is 32.3 Å². The van der Waals surface area contributed by atoms with Crippen LogP contribution in [0, 0.1) is 0 Å². The number of rotatable bonds is 17. The van der Waals surface area contributed by atoms with E-state index < -0.39 is 53.9 Å². The summed E-state index contributed by atoms with van der Waals surface area (Å²) in [5, 5.41) is 11.6. The van der Waals surface area contributed by atoms with Crippen LogP contribution in [0.2, 0.25) is 5.02 Å². The molecule has 1 saturated carbocycles. The first kappa shape index (κ1) is 39.4. The van der Waals surface area contributed by atoms with Gasteiger partial charge in [0.15, 0.2) is 6.61 Å². The second-order valence-electron chi connectivity index (χ2n) is 12.3. The second kappa shape index (κ2) is 17.3. The Balaban J connectivity index is 1.20. The zero-order valence-corrected chi connectivity index (χ0v) is 29.6. The average molecular weight is 769 g/mol. The van der Waals surface area contributed by atoms with Crippen molar-refractivity contribution in [1.29, 1.82) is 0 Å². The van der Waals surface area contributed by atoms with Gasteiger partial charge in [-0.2, -0.15) is 28.1 Å². The number of hydrogen-bond donors (Lipinski definition) is 5. The summed E-state index contributed by atoms with van der Waals surface area (Å²) in [4.78, 5) is 62.6. The maximum absolute atomic E-state index is 13.1. The summed E-state index contributed by atoms with van der Waals surface area (Å²) in [5.41, 5.74) is 7.94. The number of nitrogens with one attached hydrogen (secondary N) is 4. The fourth-order valence-corrected chi connectivity index (χ4v) is 5.35. The van der Waals surface area contributed by atoms with Crippen LogP contribution >= 0.6 is 11.6 Å². The standard InChI is InChI=1S/C36H36ClF3N8O6/c1-53-31(52)27(14-17-42-30(51)28(49)18-21-2-4-22(19-41)5-3-21)44-29(50)23-6-12-26(13-7-23)43-32-45-33(47-34(46-32)54-20-36(38,39)40)48-35(15-16-35)24-8-10-25(37)11-9-24/h2-13,27H,14-20,41H2,1H3,(H,42,51)(H,44,50)(H2,43,45,46,47,48)/t27-/m0/s1. The Morgan fingerprint density at radius 1 is 0.907 bits per heavy atom. The molecule has 0 saturated heterocycles. The lowest BCUT2D eigenvalue weighted by molar-refractivity contribution is -0.154. The summed E-state index contributed by atoms with van der Waals surface area (Å²) < 4.78 is 48.5. The number of esters is 1. The summed E-state index contributed by atoms with van der Waals surface area (Å²) in [6, 6.07) is 18.2. The molecule has 1 aliphatic rings. The van der Waals surface area contributed by atoms with Crippen molar-refractivity contribution in [3.63, 3.8) is 0 Å². The molecule has 0 unspecified atom stereocenters. The number of aromatic nitrogens is 3. The van der Waals surface area contributed by atoms with Gasteiger partial charge in [-0.3, -0.25) is 14.4 Å². The van der Waals surface area contributed by atoms with Crippen molar-refractivity contribution < 1.29 is 41.8 Å². The van der Waals surface area contributed by atoms with Crippen LogP contribution in [0.5, 0.6) is 6.01 Å². The third-order valence-corrected chi connectivity index (χ3v) is 8.52. The van der Waals surface area contributed by atoms with E-state index in [-0.39, 0.29) is 36.8 Å². The predicted molar refractivity (Wildman–Crippen MR) is 191 cm³/mol. The zero-order chi connectivity index (χ0) is 38.9. The summed E-state index contributed by atoms with van der Waals surface area (Å²) in [5.74, 6) is -3.10. The summed E-state index contributed by atoms with van der Waals surface area (Å²) in [7, 11) is 1.14. The van der Waals surface area contributed by atoms with Gasteiger partial charge in [-0.1, -0.05) is 48.0 Å². The minimum Gasteiger partial charge on any atom is -0.467 e. The fourth-order valence-electron chi connectivity index (χ4n) is 5.23. The van der Waals surface area contributed by atoms with Crippen molar-refractivity contribution in [3.8, 4) is 6.01 Å². The molecule has 0 aliphatic heterocycles. The largest absolute Gasteiger partial charge is 0.467 e. The van der Waals surface area contributed by atoms with Crippen LogP contribution in [-0.4, -0.2) is 71.0 Å². The summed E-state index contributed by atoms with van der Waals surface area (Å²) >= 11 is 6.03. The lowest BCUT2D eigenvalue weighted by Crippen LogP contribution is -2.44. The number of hydrogen-bond acceptors (Lipinski definition) is 12. The third kappa shape index (κ3) is 11.1. The van der Waals surface area contributed by atoms with Crippen molar-refractivity contribution in [1.82, 2.24) is 25.6 Å². The highest BCUT2D eigenvalue weighted by Crippen LogP contribution is 2.48. The highest BCUT2D eigenvalue weighted by atomic mass is 35.5. The quantitative estimate of drug-likeness (QED) is 0.0753. The van der Waals surface area contributed by atoms with Crippen LogP contribution in [0.3, 0.4) is 0 Å². The van der Waals surface area contributed by atoms with Crippen LogP contribution in [0.25, 0.3) is 0 Å². The number of alkyl halides is 3. The average Bonchev–Trinajstić information content (AvgIpc) is 3.93. The number of amides is 2. The van der Waals surface area contributed by atoms with Crippen LogP contribution < -0.4 is 31.7 Å². The maximum Gasteiger partial charge on any atom is 0.422 e. The molecule has 14 nitrogen and oxygen atoms in total. The fraction of sp³-hybridized carbons (Fsp3) is 0.306. The van der Waals surface area contributed by atoms with E-state index in [0.717, 1.165) is 18.2 Å². The summed E-state index contributed by atoms with van der Waals surface area (Å²) in [6.07, 6.45) is -3.41. The predicted octanol–water partition coefficient (Wildman–Crippen LogP) is 4.36. The highest BCUT2D eigenvalue weighted by molar-refractivity contribution is 6.36. The lowest BCUT2D eigenvalue weighted by atomic mass is 10.1. The molecular formula is C36H36ClF3N8O6. The molecule has 0 radical (unpaired) electrons. The highest BCUT2D eigenvalue weighted by Gasteiger charge is 2.45. The van der Waals surface area contributed by atoms with E-state index in [4.69, 9.17) is 26.8 Å². The van der Waals surface area contributed by atoms with Gasteiger partial charge < -0.3 is 36.5 Å². The van der Waals surface area contributed by atoms with E-state index in [1.807, 2.05) is 12.1 Å². The number of anilines is 3. The molecule has 1 aliphatic carbocycles. The van der Waals surface area contributed by atoms with Crippen LogP contribution in [-0.2, 0) is 37.6 Å². The zero-order valence-electron chi connectivity index (χ0n) is 28.8. The molecular weight excluding hydrogens is 733 g/mol. The minimum atomic E-state index is -4.64. The Morgan fingerprint density at radius 3 is 2.17 bits per heavy atom. The van der Waals surface area contributed by atoms with Gasteiger partial charge in [-0.05, 0) is 72.4 Å². The first-order chi connectivity index (χ1) is 25.8. The van der Waals surface area contributed by atoms with Gasteiger partial charge in [0, 0.05) is 35.8 Å². The number of carbonyl (C=O) groups is 4. The van der Waals surface area contributed by atoms with E-state index in [1.165, 1.54) is 24.3 Å². The number of ketones is 1. The third-order valence-electron chi connectivity index (χ3n) is 8.27. The van der Waals surface area contributed by atoms with Crippen LogP contribution in [0.15, 0.2) is 72.8 Å². The molecule has 1 heterocycles. The Labute approximate surface area is 312 Å². The van der Waals surface area contributed by atoms with Gasteiger partial charge in [0.1, 0.15) is 6.04 Å². The van der Waals surface area contributed by atoms with E-state index in [2.05, 4.69) is 36.2 Å². The van der Waals surface area contributed by atoms with Gasteiger partial charge in [0.25, 0.3) is 11.8 Å². The Bertz CT molecular complexity index is 1960. The molecule has 3 aromatic carbocycles. The molecule has 6 N–H and O–H groups in total. The van der Waals surface area contributed by atoms with Crippen molar-refractivity contribution in [2.75, 3.05) is 30.9 Å². The molecule has 1 fully saturated rings. The molecule has 54 heavy (non-hydrogen) atoms. The first-order valence-electron chi connectivity index (χ1n) is 16.6. The number of nitrogens with two attached hydrogens (primary N) is 1. The van der Waals surface area contributed by atoms with Gasteiger partial charge in [0.05, 0.1) is 12.6 Å². The van der Waals surface area contributed by atoms with Crippen LogP contribution in [0.1, 0.15) is 46.3 Å². The topological polar surface area (TPSA) is 200 Å². The molecule has 4 aromatic rings. The Kier molecular flexibility index (Phi) is 12.7. The molecule has 0 bridgehead atoms. The number of Topliss-reactive ketones (excluding diaryl/α,β-unsaturated/α-hetero) is 1. The van der Waals surface area contributed by atoms with Gasteiger partial charge in [-0.15, -0.1) is 0 Å². The van der Waals surface area contributed by atoms with Crippen molar-refractivity contribution >= 4 is 52.8 Å². The van der Waals surface area contributed by atoms with Gasteiger partial charge in [-0.25, -0.2) is 4.79 Å². The molecule has 18 heteroatoms. The number of halogens is 4. The minimum absolute atomic E-state index is 0.0276. The molecule has 2 amide bonds. The molecule has 1 atom stereocenters. The molecule has 5 rings (SSSR count). The van der Waals surface area contributed by atoms with E-state index >= 15 is 0 Å². The number of carbonyl (C=O) groups excluding carboxylic acids is 4. The van der Waals surface area contributed by atoms with E-state index in [0.29, 0.717) is 35.7 Å². The second-order valence-corrected chi connectivity index (χ2v) is 12.7. The number of benzene rings is 3. The van der Waals surface area contributed by atoms with Crippen molar-refractivity contribution in [2.45, 2.75) is 50.0 Å². The first-order valence-corrected chi connectivity index (χ1v) is 17.0. The maximum atomic E-state index is 13.1. The molecule has 0 spiro atoms. The number of ether oxygens (including phenoxy) is 2. The Hall–Kier alpha value is -5.81. The normalized spacial score (nSPS) is 13.6. The van der Waals surface area contributed by atoms with Crippen LogP contribution in [0.4, 0.5) is 30.8 Å². The van der Waals surface area contributed by atoms with Crippen molar-refractivity contribution in [3.05, 3.63) is 100 Å². The van der Waals surface area contributed by atoms with E-state index in [1.54, 1.807) is 36.4 Å². The lowest BCUT2D eigenvalue weighted by Gasteiger charge is -2.19. The number of nitrogens with zero attached hydrogens (tertiary/aromatic N) is 3. The van der Waals surface area contributed by atoms with Gasteiger partial charge in [0.2, 0.25) is 17.7 Å². The monoisotopic (exact) mass is 768 g/mol. The van der Waals surface area contributed by atoms with Crippen molar-refractivity contribution in [2.24, 2.45) is 5.73 Å². The smallest absolute Gasteiger partial charge is 0.422 e. The Morgan fingerprint density at radius 2 is 1.56 bits per heavy atom. The number of methoxy groups -OCH3 is 1. The van der Waals surface area contributed by atoms with Gasteiger partial charge >= 0.3 is 18.2 Å². The molecule has 284 valence electrons. The summed E-state index contributed by atoms with van der Waals surface area (Å²) in [6.45, 7) is -1.39.